The molecule has 1 aromatic heterocycles. The number of methoxy groups -OCH3 is 1. The van der Waals surface area contributed by atoms with E-state index in [9.17, 15) is 0 Å². The number of ether oxygens (including phenoxy) is 1. The summed E-state index contributed by atoms with van der Waals surface area (Å²) in [6, 6.07) is 0.670. The van der Waals surface area contributed by atoms with Gasteiger partial charge < -0.3 is 9.30 Å². The second-order valence-electron chi connectivity index (χ2n) is 3.69. The largest absolute Gasteiger partial charge is 0.382 e. The number of hydrogen-bond acceptors (Lipinski definition) is 4. The van der Waals surface area contributed by atoms with Gasteiger partial charge >= 0.3 is 0 Å². The molecule has 0 unspecified atom stereocenters. The Morgan fingerprint density at radius 2 is 2.40 bits per heavy atom. The van der Waals surface area contributed by atoms with Crippen molar-refractivity contribution in [1.29, 1.82) is 0 Å². The van der Waals surface area contributed by atoms with E-state index in [1.54, 1.807) is 7.11 Å². The number of nitrogens with zero attached hydrogens (tertiary/aromatic N) is 2. The van der Waals surface area contributed by atoms with Crippen LogP contribution >= 0.6 is 0 Å². The third-order valence-corrected chi connectivity index (χ3v) is 2.43. The van der Waals surface area contributed by atoms with E-state index in [4.69, 9.17) is 9.57 Å². The summed E-state index contributed by atoms with van der Waals surface area (Å²) in [7, 11) is 1.66. The third-order valence-electron chi connectivity index (χ3n) is 2.43. The van der Waals surface area contributed by atoms with Crippen molar-refractivity contribution in [2.24, 2.45) is 0 Å². The van der Waals surface area contributed by atoms with E-state index in [2.05, 4.69) is 15.0 Å². The maximum atomic E-state index is 5.19. The highest BCUT2D eigenvalue weighted by molar-refractivity contribution is 5.02. The first-order valence-electron chi connectivity index (χ1n) is 5.26. The second kappa shape index (κ2) is 5.25. The van der Waals surface area contributed by atoms with Crippen LogP contribution in [0.15, 0.2) is 12.5 Å². The zero-order valence-corrected chi connectivity index (χ0v) is 8.98. The fourth-order valence-corrected chi connectivity index (χ4v) is 1.47. The zero-order chi connectivity index (χ0) is 10.5. The molecule has 1 heterocycles. The highest BCUT2D eigenvalue weighted by Crippen LogP contribution is 2.35. The minimum absolute atomic E-state index is 0.564. The predicted octanol–water partition coefficient (Wildman–Crippen LogP) is 0.886. The van der Waals surface area contributed by atoms with Crippen molar-refractivity contribution in [3.8, 4) is 0 Å². The van der Waals surface area contributed by atoms with Gasteiger partial charge in [0, 0.05) is 19.3 Å². The Hall–Kier alpha value is -0.910. The lowest BCUT2D eigenvalue weighted by Crippen LogP contribution is -2.18. The van der Waals surface area contributed by atoms with Crippen molar-refractivity contribution < 1.29 is 9.57 Å². The van der Waals surface area contributed by atoms with Crippen LogP contribution in [0.2, 0.25) is 0 Å². The molecule has 1 aromatic rings. The van der Waals surface area contributed by atoms with Crippen molar-refractivity contribution in [2.45, 2.75) is 25.4 Å². The first-order chi connectivity index (χ1) is 7.42. The van der Waals surface area contributed by atoms with Crippen LogP contribution in [-0.2, 0) is 16.1 Å². The third kappa shape index (κ3) is 3.02. The van der Waals surface area contributed by atoms with Gasteiger partial charge in [0.05, 0.1) is 31.8 Å². The van der Waals surface area contributed by atoms with E-state index in [1.807, 2.05) is 12.5 Å². The van der Waals surface area contributed by atoms with Gasteiger partial charge in [0.15, 0.2) is 0 Å². The van der Waals surface area contributed by atoms with E-state index >= 15 is 0 Å². The molecule has 15 heavy (non-hydrogen) atoms. The summed E-state index contributed by atoms with van der Waals surface area (Å²) in [5.41, 5.74) is 4.08. The molecule has 0 saturated heterocycles. The Bertz CT molecular complexity index is 297. The molecular formula is C10H17N3O2. The van der Waals surface area contributed by atoms with Crippen LogP contribution < -0.4 is 5.48 Å². The van der Waals surface area contributed by atoms with E-state index in [-0.39, 0.29) is 0 Å². The fourth-order valence-electron chi connectivity index (χ4n) is 1.47. The van der Waals surface area contributed by atoms with E-state index in [0.29, 0.717) is 25.8 Å². The Morgan fingerprint density at radius 1 is 1.53 bits per heavy atom. The summed E-state index contributed by atoms with van der Waals surface area (Å²) in [6.07, 6.45) is 6.32. The number of hydroxylamine groups is 1. The molecule has 0 spiro atoms. The van der Waals surface area contributed by atoms with Gasteiger partial charge in [-0.2, -0.15) is 5.48 Å². The van der Waals surface area contributed by atoms with Gasteiger partial charge in [-0.25, -0.2) is 4.98 Å². The summed E-state index contributed by atoms with van der Waals surface area (Å²) >= 11 is 0. The molecule has 0 aliphatic heterocycles. The Balaban J connectivity index is 1.70. The van der Waals surface area contributed by atoms with E-state index in [1.165, 1.54) is 18.5 Å². The van der Waals surface area contributed by atoms with Gasteiger partial charge in [-0.05, 0) is 12.8 Å². The van der Waals surface area contributed by atoms with E-state index in [0.717, 1.165) is 0 Å². The average Bonchev–Trinajstić information content (AvgIpc) is 2.99. The van der Waals surface area contributed by atoms with Crippen LogP contribution in [0.5, 0.6) is 0 Å². The summed E-state index contributed by atoms with van der Waals surface area (Å²) in [5.74, 6) is 0. The van der Waals surface area contributed by atoms with Gasteiger partial charge in [0.1, 0.15) is 0 Å². The summed E-state index contributed by atoms with van der Waals surface area (Å²) in [4.78, 5) is 9.33. The van der Waals surface area contributed by atoms with E-state index < -0.39 is 0 Å². The maximum Gasteiger partial charge on any atom is 0.0951 e. The molecule has 84 valence electrons. The molecule has 1 aliphatic carbocycles. The lowest BCUT2D eigenvalue weighted by molar-refractivity contribution is 0.00258. The lowest BCUT2D eigenvalue weighted by Gasteiger charge is -2.07. The zero-order valence-electron chi connectivity index (χ0n) is 8.98. The highest BCUT2D eigenvalue weighted by atomic mass is 16.7. The second-order valence-corrected chi connectivity index (χ2v) is 3.69. The normalized spacial score (nSPS) is 15.8. The molecule has 1 fully saturated rings. The van der Waals surface area contributed by atoms with Gasteiger partial charge in [0.2, 0.25) is 0 Å². The highest BCUT2D eigenvalue weighted by Gasteiger charge is 2.24. The molecule has 0 atom stereocenters. The van der Waals surface area contributed by atoms with Crippen molar-refractivity contribution in [3.63, 3.8) is 0 Å². The van der Waals surface area contributed by atoms with Crippen LogP contribution in [0, 0.1) is 0 Å². The first-order valence-corrected chi connectivity index (χ1v) is 5.26. The average molecular weight is 211 g/mol. The maximum absolute atomic E-state index is 5.19. The van der Waals surface area contributed by atoms with Crippen molar-refractivity contribution in [1.82, 2.24) is 15.0 Å². The lowest BCUT2D eigenvalue weighted by atomic mass is 10.4. The Morgan fingerprint density at radius 3 is 3.13 bits per heavy atom. The van der Waals surface area contributed by atoms with Gasteiger partial charge in [-0.15, -0.1) is 0 Å². The fraction of sp³-hybridized carbons (Fsp3) is 0.700. The number of hydrogen-bond donors (Lipinski definition) is 1. The monoisotopic (exact) mass is 211 g/mol. The molecule has 2 rings (SSSR count). The minimum Gasteiger partial charge on any atom is -0.382 e. The first kappa shape index (κ1) is 10.6. The molecular weight excluding hydrogens is 194 g/mol. The standard InChI is InChI=1S/C10H17N3O2/c1-14-4-5-15-12-7-10-6-11-8-13(10)9-2-3-9/h6,8-9,12H,2-5,7H2,1H3. The molecule has 1 aliphatic rings. The topological polar surface area (TPSA) is 48.3 Å². The molecule has 0 amide bonds. The summed E-state index contributed by atoms with van der Waals surface area (Å²) in [5, 5.41) is 0. The Labute approximate surface area is 89.3 Å². The van der Waals surface area contributed by atoms with Crippen molar-refractivity contribution >= 4 is 0 Å². The SMILES string of the molecule is COCCONCc1cncn1C1CC1. The quantitative estimate of drug-likeness (QED) is 0.537. The smallest absolute Gasteiger partial charge is 0.0951 e. The molecule has 0 aromatic carbocycles. The number of imidazole rings is 1. The summed E-state index contributed by atoms with van der Waals surface area (Å²) in [6.45, 7) is 1.86. The van der Waals surface area contributed by atoms with Crippen molar-refractivity contribution in [3.05, 3.63) is 18.2 Å². The number of rotatable bonds is 7. The Kier molecular flexibility index (Phi) is 3.71. The van der Waals surface area contributed by atoms with Crippen LogP contribution in [0.4, 0.5) is 0 Å². The number of nitrogens with one attached hydrogen (secondary N) is 1. The molecule has 1 saturated carbocycles. The molecule has 5 nitrogen and oxygen atoms in total. The van der Waals surface area contributed by atoms with Crippen LogP contribution in [0.25, 0.3) is 0 Å². The van der Waals surface area contributed by atoms with Gasteiger partial charge in [-0.3, -0.25) is 4.84 Å². The molecule has 0 bridgehead atoms. The van der Waals surface area contributed by atoms with Crippen LogP contribution in [0.1, 0.15) is 24.6 Å². The van der Waals surface area contributed by atoms with Crippen LogP contribution in [-0.4, -0.2) is 29.9 Å². The predicted molar refractivity (Wildman–Crippen MR) is 55.2 cm³/mol. The van der Waals surface area contributed by atoms with Crippen LogP contribution in [0.3, 0.4) is 0 Å². The molecule has 5 heteroatoms. The van der Waals surface area contributed by atoms with Crippen molar-refractivity contribution in [2.75, 3.05) is 20.3 Å². The summed E-state index contributed by atoms with van der Waals surface area (Å²) < 4.78 is 7.08. The minimum atomic E-state index is 0.564. The number of aromatic nitrogens is 2. The molecule has 0 radical (unpaired) electrons. The van der Waals surface area contributed by atoms with Gasteiger partial charge in [-0.1, -0.05) is 0 Å². The molecule has 1 N–H and O–H groups in total. The van der Waals surface area contributed by atoms with Gasteiger partial charge in [0.25, 0.3) is 0 Å².